The van der Waals surface area contributed by atoms with E-state index in [2.05, 4.69) is 19.2 Å². The van der Waals surface area contributed by atoms with E-state index in [0.29, 0.717) is 19.1 Å². The van der Waals surface area contributed by atoms with Crippen LogP contribution in [0.2, 0.25) is 0 Å². The van der Waals surface area contributed by atoms with E-state index < -0.39 is 30.1 Å². The molecule has 8 heteroatoms. The molecule has 2 saturated heterocycles. The van der Waals surface area contributed by atoms with E-state index in [0.717, 1.165) is 11.1 Å². The predicted molar refractivity (Wildman–Crippen MR) is 129 cm³/mol. The number of halogens is 1. The standard InChI is InChI=1S/C27H32FN3O4/c1-18(2)19-8-10-21(11-9-19)26(20-6-4-3-5-7-20)29-27(34)23-14-22(28)15-31(23)24(32)16-30-12-13-35-17-25(30)33/h3-11,18,22-23,26H,12-17H2,1-2H3,(H,29,34). The van der Waals surface area contributed by atoms with Crippen LogP contribution in [0, 0.1) is 0 Å². The van der Waals surface area contributed by atoms with Gasteiger partial charge in [-0.05, 0) is 22.6 Å². The fraction of sp³-hybridized carbons (Fsp3) is 0.444. The minimum atomic E-state index is -1.30. The van der Waals surface area contributed by atoms with Gasteiger partial charge in [-0.3, -0.25) is 14.4 Å². The Bertz CT molecular complexity index is 1040. The number of hydrogen-bond acceptors (Lipinski definition) is 4. The summed E-state index contributed by atoms with van der Waals surface area (Å²) in [6.45, 7) is 4.48. The minimum Gasteiger partial charge on any atom is -0.370 e. The van der Waals surface area contributed by atoms with Crippen molar-refractivity contribution in [2.45, 2.75) is 44.4 Å². The molecule has 0 bridgehead atoms. The molecule has 7 nitrogen and oxygen atoms in total. The number of ether oxygens (including phenoxy) is 1. The van der Waals surface area contributed by atoms with Crippen molar-refractivity contribution < 1.29 is 23.5 Å². The van der Waals surface area contributed by atoms with E-state index in [1.165, 1.54) is 15.4 Å². The summed E-state index contributed by atoms with van der Waals surface area (Å²) in [5, 5.41) is 3.06. The van der Waals surface area contributed by atoms with E-state index in [4.69, 9.17) is 4.74 Å². The van der Waals surface area contributed by atoms with Crippen molar-refractivity contribution in [1.82, 2.24) is 15.1 Å². The quantitative estimate of drug-likeness (QED) is 0.660. The van der Waals surface area contributed by atoms with Crippen LogP contribution < -0.4 is 5.32 Å². The molecule has 186 valence electrons. The summed E-state index contributed by atoms with van der Waals surface area (Å²) in [7, 11) is 0. The smallest absolute Gasteiger partial charge is 0.249 e. The Labute approximate surface area is 205 Å². The molecule has 0 saturated carbocycles. The van der Waals surface area contributed by atoms with Gasteiger partial charge >= 0.3 is 0 Å². The Morgan fingerprint density at radius 1 is 1.06 bits per heavy atom. The zero-order chi connectivity index (χ0) is 24.9. The molecular formula is C27H32FN3O4. The fourth-order valence-corrected chi connectivity index (χ4v) is 4.60. The highest BCUT2D eigenvalue weighted by molar-refractivity contribution is 5.91. The second-order valence-corrected chi connectivity index (χ2v) is 9.44. The number of carbonyl (C=O) groups excluding carboxylic acids is 3. The van der Waals surface area contributed by atoms with Gasteiger partial charge in [0, 0.05) is 13.0 Å². The van der Waals surface area contributed by atoms with Crippen LogP contribution in [0.5, 0.6) is 0 Å². The van der Waals surface area contributed by atoms with Crippen LogP contribution in [-0.4, -0.2) is 72.6 Å². The normalized spacial score (nSPS) is 21.3. The first-order valence-corrected chi connectivity index (χ1v) is 12.1. The lowest BCUT2D eigenvalue weighted by atomic mass is 9.95. The van der Waals surface area contributed by atoms with E-state index in [1.54, 1.807) is 0 Å². The van der Waals surface area contributed by atoms with Crippen molar-refractivity contribution >= 4 is 17.7 Å². The SMILES string of the molecule is CC(C)c1ccc(C(NC(=O)C2CC(F)CN2C(=O)CN2CCOCC2=O)c2ccccc2)cc1. The molecule has 2 heterocycles. The number of nitrogens with zero attached hydrogens (tertiary/aromatic N) is 2. The zero-order valence-corrected chi connectivity index (χ0v) is 20.2. The van der Waals surface area contributed by atoms with Crippen LogP contribution in [0.15, 0.2) is 54.6 Å². The number of likely N-dealkylation sites (tertiary alicyclic amines) is 1. The first-order valence-electron chi connectivity index (χ1n) is 12.1. The lowest BCUT2D eigenvalue weighted by Gasteiger charge is -2.31. The summed E-state index contributed by atoms with van der Waals surface area (Å²) < 4.78 is 19.5. The topological polar surface area (TPSA) is 79.0 Å². The third-order valence-electron chi connectivity index (χ3n) is 6.64. The van der Waals surface area contributed by atoms with E-state index in [9.17, 15) is 18.8 Å². The van der Waals surface area contributed by atoms with Gasteiger partial charge in [0.05, 0.1) is 25.7 Å². The van der Waals surface area contributed by atoms with Gasteiger partial charge in [0.15, 0.2) is 0 Å². The molecule has 0 radical (unpaired) electrons. The Kier molecular flexibility index (Phi) is 7.80. The number of alkyl halides is 1. The Hall–Kier alpha value is -3.26. The van der Waals surface area contributed by atoms with E-state index in [-0.39, 0.29) is 32.0 Å². The van der Waals surface area contributed by atoms with E-state index in [1.807, 2.05) is 54.6 Å². The van der Waals surface area contributed by atoms with Gasteiger partial charge in [0.2, 0.25) is 17.7 Å². The molecule has 2 aliphatic heterocycles. The largest absolute Gasteiger partial charge is 0.370 e. The second-order valence-electron chi connectivity index (χ2n) is 9.44. The molecule has 2 aromatic rings. The van der Waals surface area contributed by atoms with Gasteiger partial charge in [-0.15, -0.1) is 0 Å². The highest BCUT2D eigenvalue weighted by Crippen LogP contribution is 2.27. The number of hydrogen-bond donors (Lipinski definition) is 1. The van der Waals surface area contributed by atoms with Gasteiger partial charge in [-0.2, -0.15) is 0 Å². The van der Waals surface area contributed by atoms with Crippen molar-refractivity contribution in [1.29, 1.82) is 0 Å². The van der Waals surface area contributed by atoms with Crippen molar-refractivity contribution in [2.24, 2.45) is 0 Å². The Morgan fingerprint density at radius 3 is 2.37 bits per heavy atom. The van der Waals surface area contributed by atoms with Crippen molar-refractivity contribution in [3.8, 4) is 0 Å². The van der Waals surface area contributed by atoms with Crippen molar-refractivity contribution in [3.63, 3.8) is 0 Å². The zero-order valence-electron chi connectivity index (χ0n) is 20.2. The highest BCUT2D eigenvalue weighted by atomic mass is 19.1. The van der Waals surface area contributed by atoms with Crippen LogP contribution in [0.25, 0.3) is 0 Å². The summed E-state index contributed by atoms with van der Waals surface area (Å²) >= 11 is 0. The molecule has 35 heavy (non-hydrogen) atoms. The Morgan fingerprint density at radius 2 is 1.71 bits per heavy atom. The van der Waals surface area contributed by atoms with Gasteiger partial charge in [0.25, 0.3) is 0 Å². The highest BCUT2D eigenvalue weighted by Gasteiger charge is 2.41. The first-order chi connectivity index (χ1) is 16.8. The summed E-state index contributed by atoms with van der Waals surface area (Å²) in [5.74, 6) is -0.742. The number of morpholine rings is 1. The third kappa shape index (κ3) is 5.88. The number of carbonyl (C=O) groups is 3. The van der Waals surface area contributed by atoms with E-state index >= 15 is 0 Å². The molecular weight excluding hydrogens is 449 g/mol. The minimum absolute atomic E-state index is 0.0670. The van der Waals surface area contributed by atoms with Crippen LogP contribution in [-0.2, 0) is 19.1 Å². The van der Waals surface area contributed by atoms with Crippen LogP contribution in [0.3, 0.4) is 0 Å². The number of amides is 3. The fourth-order valence-electron chi connectivity index (χ4n) is 4.60. The Balaban J connectivity index is 1.52. The van der Waals surface area contributed by atoms with Crippen LogP contribution in [0.4, 0.5) is 4.39 Å². The summed E-state index contributed by atoms with van der Waals surface area (Å²) in [5.41, 5.74) is 2.99. The number of benzene rings is 2. The maximum Gasteiger partial charge on any atom is 0.249 e. The lowest BCUT2D eigenvalue weighted by Crippen LogP contribution is -2.52. The maximum absolute atomic E-state index is 14.4. The first kappa shape index (κ1) is 24.9. The monoisotopic (exact) mass is 481 g/mol. The lowest BCUT2D eigenvalue weighted by molar-refractivity contribution is -0.149. The molecule has 0 aromatic heterocycles. The molecule has 0 spiro atoms. The molecule has 3 amide bonds. The molecule has 2 aliphatic rings. The average molecular weight is 482 g/mol. The van der Waals surface area contributed by atoms with Crippen molar-refractivity contribution in [3.05, 3.63) is 71.3 Å². The molecule has 3 atom stereocenters. The summed E-state index contributed by atoms with van der Waals surface area (Å²) in [6.07, 6.45) is -1.36. The van der Waals surface area contributed by atoms with Gasteiger partial charge in [0.1, 0.15) is 18.8 Å². The van der Waals surface area contributed by atoms with Crippen LogP contribution in [0.1, 0.15) is 48.9 Å². The maximum atomic E-state index is 14.4. The third-order valence-corrected chi connectivity index (χ3v) is 6.64. The molecule has 2 fully saturated rings. The molecule has 3 unspecified atom stereocenters. The molecule has 2 aromatic carbocycles. The molecule has 1 N–H and O–H groups in total. The second kappa shape index (κ2) is 11.0. The number of rotatable bonds is 7. The van der Waals surface area contributed by atoms with Gasteiger partial charge in [-0.1, -0.05) is 68.4 Å². The number of nitrogens with one attached hydrogen (secondary N) is 1. The molecule has 4 rings (SSSR count). The van der Waals surface area contributed by atoms with Gasteiger partial charge < -0.3 is 19.9 Å². The average Bonchev–Trinajstić information content (AvgIpc) is 3.26. The van der Waals surface area contributed by atoms with Crippen LogP contribution >= 0.6 is 0 Å². The van der Waals surface area contributed by atoms with Crippen molar-refractivity contribution in [2.75, 3.05) is 32.8 Å². The predicted octanol–water partition coefficient (Wildman–Crippen LogP) is 2.81. The summed E-state index contributed by atoms with van der Waals surface area (Å²) in [6, 6.07) is 16.3. The van der Waals surface area contributed by atoms with Gasteiger partial charge in [-0.25, -0.2) is 4.39 Å². The molecule has 0 aliphatic carbocycles. The summed E-state index contributed by atoms with van der Waals surface area (Å²) in [4.78, 5) is 41.1.